The molecule has 0 unspecified atom stereocenters. The molecule has 1 N–H and O–H groups in total. The van der Waals surface area contributed by atoms with E-state index < -0.39 is 34.7 Å². The number of hydrogen-bond donors (Lipinski definition) is 1. The molecule has 0 atom stereocenters. The van der Waals surface area contributed by atoms with Crippen molar-refractivity contribution in [2.24, 2.45) is 0 Å². The zero-order valence-electron chi connectivity index (χ0n) is 17.8. The van der Waals surface area contributed by atoms with Gasteiger partial charge in [-0.2, -0.15) is 0 Å². The van der Waals surface area contributed by atoms with Crippen LogP contribution in [0, 0.1) is 0 Å². The highest BCUT2D eigenvalue weighted by atomic mass is 28.4. The first kappa shape index (κ1) is 25.6. The van der Waals surface area contributed by atoms with Crippen LogP contribution in [0.25, 0.3) is 0 Å². The normalized spacial score (nSPS) is 12.5. The number of nitrogens with zero attached hydrogens (tertiary/aromatic N) is 2. The Morgan fingerprint density at radius 2 is 0.966 bits per heavy atom. The van der Waals surface area contributed by atoms with Gasteiger partial charge in [-0.15, -0.1) is 0 Å². The van der Waals surface area contributed by atoms with Gasteiger partial charge in [-0.05, 0) is 12.8 Å². The molecule has 0 aliphatic heterocycles. The summed E-state index contributed by atoms with van der Waals surface area (Å²) in [5.74, 6) is 0. The van der Waals surface area contributed by atoms with Crippen LogP contribution >= 0.6 is 0 Å². The van der Waals surface area contributed by atoms with E-state index in [4.69, 9.17) is 26.6 Å². The number of aromatic nitrogens is 3. The fraction of sp³-hybridized carbons (Fsp3) is 0.800. The lowest BCUT2D eigenvalue weighted by Gasteiger charge is -2.24. The average molecular weight is 454 g/mol. The van der Waals surface area contributed by atoms with E-state index in [1.54, 1.807) is 0 Å². The Labute approximate surface area is 171 Å². The molecule has 1 aromatic heterocycles. The van der Waals surface area contributed by atoms with E-state index in [-0.39, 0.29) is 13.1 Å². The van der Waals surface area contributed by atoms with Crippen LogP contribution in [0.5, 0.6) is 0 Å². The highest BCUT2D eigenvalue weighted by Gasteiger charge is 2.38. The molecule has 12 nitrogen and oxygen atoms in total. The van der Waals surface area contributed by atoms with Crippen molar-refractivity contribution in [3.05, 3.63) is 31.5 Å². The second-order valence-electron chi connectivity index (χ2n) is 6.12. The zero-order chi connectivity index (χ0) is 22.1. The molecule has 14 heteroatoms. The molecule has 0 amide bonds. The van der Waals surface area contributed by atoms with Crippen molar-refractivity contribution < 1.29 is 26.6 Å². The average Bonchev–Trinajstić information content (AvgIpc) is 2.73. The van der Waals surface area contributed by atoms with E-state index in [1.165, 1.54) is 42.7 Å². The molecule has 0 aliphatic carbocycles. The summed E-state index contributed by atoms with van der Waals surface area (Å²) in [6.45, 7) is 0.179. The number of hydrogen-bond acceptors (Lipinski definition) is 9. The quantitative estimate of drug-likeness (QED) is 0.361. The first-order valence-corrected chi connectivity index (χ1v) is 12.9. The van der Waals surface area contributed by atoms with E-state index in [1.807, 2.05) is 0 Å². The van der Waals surface area contributed by atoms with E-state index in [9.17, 15) is 14.4 Å². The van der Waals surface area contributed by atoms with Gasteiger partial charge in [0.1, 0.15) is 0 Å². The predicted octanol–water partition coefficient (Wildman–Crippen LogP) is -0.765. The molecular formula is C15H31N3O9Si2. The smallest absolute Gasteiger partial charge is 0.377 e. The topological polar surface area (TPSA) is 132 Å². The van der Waals surface area contributed by atoms with E-state index in [0.29, 0.717) is 24.9 Å². The second-order valence-corrected chi connectivity index (χ2v) is 12.3. The minimum absolute atomic E-state index is 0.0895. The summed E-state index contributed by atoms with van der Waals surface area (Å²) in [5.41, 5.74) is -2.20. The van der Waals surface area contributed by atoms with Crippen LogP contribution in [-0.4, -0.2) is 74.4 Å². The Morgan fingerprint density at radius 1 is 0.655 bits per heavy atom. The number of H-pyrrole nitrogens is 1. The van der Waals surface area contributed by atoms with Crippen molar-refractivity contribution in [1.82, 2.24) is 14.1 Å². The highest BCUT2D eigenvalue weighted by Crippen LogP contribution is 2.16. The second kappa shape index (κ2) is 11.7. The molecule has 0 saturated heterocycles. The zero-order valence-corrected chi connectivity index (χ0v) is 19.8. The Balaban J connectivity index is 2.94. The number of nitrogens with one attached hydrogen (secondary N) is 1. The maximum Gasteiger partial charge on any atom is 0.500 e. The third kappa shape index (κ3) is 6.29. The van der Waals surface area contributed by atoms with Gasteiger partial charge < -0.3 is 26.6 Å². The molecule has 0 fully saturated rings. The predicted molar refractivity (Wildman–Crippen MR) is 108 cm³/mol. The van der Waals surface area contributed by atoms with Crippen molar-refractivity contribution in [3.8, 4) is 0 Å². The first-order valence-electron chi connectivity index (χ1n) is 9.02. The molecule has 0 aliphatic rings. The number of rotatable bonds is 14. The Bertz CT molecular complexity index is 722. The fourth-order valence-electron chi connectivity index (χ4n) is 2.96. The molecule has 0 bridgehead atoms. The van der Waals surface area contributed by atoms with Gasteiger partial charge >= 0.3 is 34.7 Å². The third-order valence-corrected chi connectivity index (χ3v) is 10.4. The maximum absolute atomic E-state index is 12.7. The van der Waals surface area contributed by atoms with Gasteiger partial charge in [-0.1, -0.05) is 0 Å². The van der Waals surface area contributed by atoms with Gasteiger partial charge in [0, 0.05) is 67.8 Å². The molecule has 0 aromatic carbocycles. The van der Waals surface area contributed by atoms with Crippen LogP contribution in [0.4, 0.5) is 0 Å². The third-order valence-electron chi connectivity index (χ3n) is 4.76. The van der Waals surface area contributed by atoms with Crippen molar-refractivity contribution >= 4 is 17.6 Å². The Hall–Kier alpha value is -1.40. The van der Waals surface area contributed by atoms with Gasteiger partial charge in [0.25, 0.3) is 0 Å². The summed E-state index contributed by atoms with van der Waals surface area (Å²) in [6.07, 6.45) is 0.798. The van der Waals surface area contributed by atoms with Crippen LogP contribution in [0.3, 0.4) is 0 Å². The Kier molecular flexibility index (Phi) is 10.3. The summed E-state index contributed by atoms with van der Waals surface area (Å²) in [5, 5.41) is 0. The van der Waals surface area contributed by atoms with E-state index >= 15 is 0 Å². The molecule has 0 spiro atoms. The summed E-state index contributed by atoms with van der Waals surface area (Å²) < 4.78 is 33.9. The van der Waals surface area contributed by atoms with Crippen LogP contribution in [0.1, 0.15) is 12.8 Å². The van der Waals surface area contributed by atoms with Gasteiger partial charge in [-0.25, -0.2) is 23.5 Å². The van der Waals surface area contributed by atoms with Gasteiger partial charge in [0.05, 0.1) is 0 Å². The van der Waals surface area contributed by atoms with Crippen LogP contribution in [0.15, 0.2) is 14.4 Å². The van der Waals surface area contributed by atoms with E-state index in [2.05, 4.69) is 4.98 Å². The van der Waals surface area contributed by atoms with E-state index in [0.717, 1.165) is 9.13 Å². The summed E-state index contributed by atoms with van der Waals surface area (Å²) >= 11 is 0. The number of aromatic amines is 1. The molecule has 1 aromatic rings. The minimum atomic E-state index is -2.82. The molecule has 1 heterocycles. The van der Waals surface area contributed by atoms with Crippen molar-refractivity contribution in [2.45, 2.75) is 38.0 Å². The van der Waals surface area contributed by atoms with Gasteiger partial charge in [0.15, 0.2) is 0 Å². The minimum Gasteiger partial charge on any atom is -0.377 e. The van der Waals surface area contributed by atoms with Gasteiger partial charge in [-0.3, -0.25) is 4.98 Å². The SMILES string of the molecule is CO[Si](CCCn1c(=O)[nH]c(=O)n(CCC[Si](OC)(OC)OC)c1=O)(OC)OC. The maximum atomic E-state index is 12.7. The standard InChI is InChI=1S/C15H31N3O9Si2/c1-22-28(23-2,24-3)11-7-9-17-13(19)16-14(20)18(15(17)21)10-8-12-29(25-4,26-5)27-6/h7-12H2,1-6H3,(H,16,19,20). The lowest BCUT2D eigenvalue weighted by atomic mass is 10.4. The molecule has 168 valence electrons. The largest absolute Gasteiger partial charge is 0.500 e. The van der Waals surface area contributed by atoms with Crippen LogP contribution in [0.2, 0.25) is 12.1 Å². The van der Waals surface area contributed by atoms with Gasteiger partial charge in [0.2, 0.25) is 0 Å². The summed E-state index contributed by atoms with van der Waals surface area (Å²) in [7, 11) is 3.29. The molecule has 0 saturated carbocycles. The van der Waals surface area contributed by atoms with Crippen molar-refractivity contribution in [1.29, 1.82) is 0 Å². The van der Waals surface area contributed by atoms with Crippen molar-refractivity contribution in [2.75, 3.05) is 42.7 Å². The molecule has 29 heavy (non-hydrogen) atoms. The summed E-state index contributed by atoms with van der Waals surface area (Å²) in [6, 6.07) is 0.816. The highest BCUT2D eigenvalue weighted by molar-refractivity contribution is 6.60. The fourth-order valence-corrected chi connectivity index (χ4v) is 6.37. The monoisotopic (exact) mass is 453 g/mol. The lowest BCUT2D eigenvalue weighted by molar-refractivity contribution is 0.122. The van der Waals surface area contributed by atoms with Crippen molar-refractivity contribution in [3.63, 3.8) is 0 Å². The first-order chi connectivity index (χ1) is 13.8. The lowest BCUT2D eigenvalue weighted by Crippen LogP contribution is -2.50. The molecule has 1 rings (SSSR count). The van der Waals surface area contributed by atoms with Crippen LogP contribution in [-0.2, 0) is 39.6 Å². The Morgan fingerprint density at radius 3 is 1.24 bits per heavy atom. The molecule has 0 radical (unpaired) electrons. The summed E-state index contributed by atoms with van der Waals surface area (Å²) in [4.78, 5) is 39.1. The van der Waals surface area contributed by atoms with Crippen LogP contribution < -0.4 is 17.1 Å². The molecular weight excluding hydrogens is 422 g/mol.